The first-order chi connectivity index (χ1) is 12.4. The van der Waals surface area contributed by atoms with Crippen LogP contribution >= 0.6 is 11.3 Å². The van der Waals surface area contributed by atoms with E-state index in [9.17, 15) is 0 Å². The van der Waals surface area contributed by atoms with Gasteiger partial charge in [0.2, 0.25) is 5.71 Å². The quantitative estimate of drug-likeness (QED) is 0.324. The topological polar surface area (TPSA) is 18.1 Å². The van der Waals surface area contributed by atoms with Crippen molar-refractivity contribution < 1.29 is 4.42 Å². The van der Waals surface area contributed by atoms with Gasteiger partial charge in [-0.1, -0.05) is 54.6 Å². The third kappa shape index (κ3) is 1.68. The molecule has 0 bridgehead atoms. The molecule has 0 saturated heterocycles. The summed E-state index contributed by atoms with van der Waals surface area (Å²) >= 11 is 1.83. The highest BCUT2D eigenvalue weighted by Gasteiger charge is 2.22. The second-order valence-electron chi connectivity index (χ2n) is 6.23. The number of hydrogen-bond donors (Lipinski definition) is 0. The molecule has 0 N–H and O–H groups in total. The highest BCUT2D eigenvalue weighted by molar-refractivity contribution is 7.25. The number of aromatic nitrogens is 1. The number of fused-ring (bicyclic) bond motifs is 7. The van der Waals surface area contributed by atoms with E-state index in [1.54, 1.807) is 0 Å². The van der Waals surface area contributed by atoms with Crippen molar-refractivity contribution in [3.63, 3.8) is 0 Å². The average molecular weight is 339 g/mol. The van der Waals surface area contributed by atoms with Crippen LogP contribution in [0.4, 0.5) is 0 Å². The van der Waals surface area contributed by atoms with Crippen LogP contribution in [0.25, 0.3) is 48.1 Å². The number of thiophene rings is 1. The summed E-state index contributed by atoms with van der Waals surface area (Å²) in [4.78, 5) is 1.24. The lowest BCUT2D eigenvalue weighted by molar-refractivity contribution is 0.646. The van der Waals surface area contributed by atoms with Crippen molar-refractivity contribution >= 4 is 53.7 Å². The molecule has 3 aromatic carbocycles. The fourth-order valence-corrected chi connectivity index (χ4v) is 5.00. The molecular formula is C22H13NOS. The Morgan fingerprint density at radius 3 is 2.28 bits per heavy atom. The molecule has 6 rings (SSSR count). The van der Waals surface area contributed by atoms with Crippen molar-refractivity contribution in [1.29, 1.82) is 0 Å². The first kappa shape index (κ1) is 13.3. The number of hydrogen-bond acceptors (Lipinski definition) is 2. The molecule has 118 valence electrons. The Balaban J connectivity index is 1.95. The lowest BCUT2D eigenvalue weighted by Gasteiger charge is -2.03. The van der Waals surface area contributed by atoms with E-state index in [-0.39, 0.29) is 0 Å². The molecular weight excluding hydrogens is 326 g/mol. The monoisotopic (exact) mass is 339 g/mol. The molecule has 6 aromatic rings. The predicted molar refractivity (Wildman–Crippen MR) is 106 cm³/mol. The van der Waals surface area contributed by atoms with E-state index >= 15 is 0 Å². The van der Waals surface area contributed by atoms with Crippen LogP contribution in [0.5, 0.6) is 0 Å². The molecule has 0 radical (unpaired) electrons. The largest absolute Gasteiger partial charge is 0.439 e. The third-order valence-corrected chi connectivity index (χ3v) is 5.98. The molecule has 2 nitrogen and oxygen atoms in total. The first-order valence-corrected chi connectivity index (χ1v) is 9.12. The summed E-state index contributed by atoms with van der Waals surface area (Å²) in [7, 11) is 0. The first-order valence-electron chi connectivity index (χ1n) is 8.30. The van der Waals surface area contributed by atoms with Gasteiger partial charge in [-0.15, -0.1) is 11.3 Å². The van der Waals surface area contributed by atoms with Crippen LogP contribution in [0.3, 0.4) is 0 Å². The Morgan fingerprint density at radius 2 is 1.40 bits per heavy atom. The van der Waals surface area contributed by atoms with Gasteiger partial charge in [-0.3, -0.25) is 4.57 Å². The minimum Gasteiger partial charge on any atom is -0.439 e. The number of furan rings is 1. The van der Waals surface area contributed by atoms with Gasteiger partial charge >= 0.3 is 0 Å². The molecule has 0 aliphatic heterocycles. The zero-order valence-corrected chi connectivity index (χ0v) is 14.1. The summed E-state index contributed by atoms with van der Waals surface area (Å²) in [6.07, 6.45) is 0. The zero-order chi connectivity index (χ0) is 16.4. The summed E-state index contributed by atoms with van der Waals surface area (Å²) in [6, 6.07) is 27.4. The molecule has 0 amide bonds. The van der Waals surface area contributed by atoms with E-state index in [2.05, 4.69) is 65.2 Å². The lowest BCUT2D eigenvalue weighted by atomic mass is 10.1. The molecule has 0 aliphatic rings. The van der Waals surface area contributed by atoms with E-state index in [1.165, 1.54) is 31.1 Å². The summed E-state index contributed by atoms with van der Waals surface area (Å²) in [5.41, 5.74) is 3.00. The second-order valence-corrected chi connectivity index (χ2v) is 7.26. The Hall–Kier alpha value is -3.04. The van der Waals surface area contributed by atoms with Crippen molar-refractivity contribution in [2.45, 2.75) is 0 Å². The fourth-order valence-electron chi connectivity index (χ4n) is 3.77. The van der Waals surface area contributed by atoms with Crippen LogP contribution < -0.4 is 0 Å². The normalized spacial score (nSPS) is 12.0. The molecule has 3 heterocycles. The Bertz CT molecular complexity index is 1300. The molecule has 3 aromatic heterocycles. The highest BCUT2D eigenvalue weighted by Crippen LogP contribution is 2.45. The SMILES string of the molecule is c1ccc(-n2c3oc4ccccc4c3c3c4ccccc4sc32)cc1. The van der Waals surface area contributed by atoms with Crippen molar-refractivity contribution in [1.82, 2.24) is 4.57 Å². The van der Waals surface area contributed by atoms with Gasteiger partial charge in [-0.05, 0) is 24.3 Å². The van der Waals surface area contributed by atoms with Crippen LogP contribution in [0.15, 0.2) is 83.3 Å². The minimum absolute atomic E-state index is 0.930. The fraction of sp³-hybridized carbons (Fsp3) is 0. The smallest absolute Gasteiger partial charge is 0.214 e. The summed E-state index contributed by atoms with van der Waals surface area (Å²) in [6.45, 7) is 0. The van der Waals surface area contributed by atoms with E-state index < -0.39 is 0 Å². The standard InChI is InChI=1S/C22H13NOS/c1-2-8-14(9-3-1)23-21-19(15-10-4-6-12-17(15)24-21)20-16-11-5-7-13-18(16)25-22(20)23/h1-13H. The highest BCUT2D eigenvalue weighted by atomic mass is 32.1. The van der Waals surface area contributed by atoms with Gasteiger partial charge in [-0.2, -0.15) is 0 Å². The molecule has 0 saturated carbocycles. The van der Waals surface area contributed by atoms with E-state index in [4.69, 9.17) is 4.42 Å². The number of para-hydroxylation sites is 2. The maximum absolute atomic E-state index is 6.30. The summed E-state index contributed by atoms with van der Waals surface area (Å²) < 4.78 is 9.87. The van der Waals surface area contributed by atoms with Gasteiger partial charge in [0.15, 0.2) is 0 Å². The molecule has 0 unspecified atom stereocenters. The minimum atomic E-state index is 0.930. The van der Waals surface area contributed by atoms with Gasteiger partial charge in [0, 0.05) is 26.5 Å². The Kier molecular flexibility index (Phi) is 2.52. The Labute approximate surface area is 147 Å². The van der Waals surface area contributed by atoms with E-state index in [1.807, 2.05) is 29.5 Å². The van der Waals surface area contributed by atoms with Gasteiger partial charge < -0.3 is 4.42 Å². The molecule has 3 heteroatoms. The molecule has 0 atom stereocenters. The maximum Gasteiger partial charge on any atom is 0.214 e. The molecule has 25 heavy (non-hydrogen) atoms. The van der Waals surface area contributed by atoms with Crippen molar-refractivity contribution in [2.24, 2.45) is 0 Å². The second kappa shape index (κ2) is 4.74. The number of benzene rings is 3. The van der Waals surface area contributed by atoms with E-state index in [0.717, 1.165) is 17.0 Å². The lowest BCUT2D eigenvalue weighted by Crippen LogP contribution is -1.90. The zero-order valence-electron chi connectivity index (χ0n) is 13.3. The van der Waals surface area contributed by atoms with Gasteiger partial charge in [0.05, 0.1) is 5.39 Å². The van der Waals surface area contributed by atoms with Crippen molar-refractivity contribution in [2.75, 3.05) is 0 Å². The molecule has 0 spiro atoms. The maximum atomic E-state index is 6.30. The van der Waals surface area contributed by atoms with E-state index in [0.29, 0.717) is 0 Å². The number of rotatable bonds is 1. The third-order valence-electron chi connectivity index (χ3n) is 4.82. The van der Waals surface area contributed by atoms with Crippen molar-refractivity contribution in [3.05, 3.63) is 78.9 Å². The van der Waals surface area contributed by atoms with Gasteiger partial charge in [0.1, 0.15) is 10.4 Å². The Morgan fingerprint density at radius 1 is 0.680 bits per heavy atom. The van der Waals surface area contributed by atoms with Crippen molar-refractivity contribution in [3.8, 4) is 5.69 Å². The van der Waals surface area contributed by atoms with Crippen LogP contribution in [0.2, 0.25) is 0 Å². The number of nitrogens with zero attached hydrogens (tertiary/aromatic N) is 1. The average Bonchev–Trinajstić information content (AvgIpc) is 3.29. The molecule has 0 aliphatic carbocycles. The predicted octanol–water partition coefficient (Wildman–Crippen LogP) is 6.74. The van der Waals surface area contributed by atoms with Gasteiger partial charge in [0.25, 0.3) is 0 Å². The van der Waals surface area contributed by atoms with Crippen LogP contribution in [-0.4, -0.2) is 4.57 Å². The van der Waals surface area contributed by atoms with Crippen LogP contribution in [0, 0.1) is 0 Å². The molecule has 0 fully saturated rings. The summed E-state index contributed by atoms with van der Waals surface area (Å²) in [5.74, 6) is 0. The van der Waals surface area contributed by atoms with Crippen LogP contribution in [-0.2, 0) is 0 Å². The van der Waals surface area contributed by atoms with Gasteiger partial charge in [-0.25, -0.2) is 0 Å². The van der Waals surface area contributed by atoms with Crippen LogP contribution in [0.1, 0.15) is 0 Å². The summed E-state index contributed by atoms with van der Waals surface area (Å²) in [5, 5.41) is 4.99.